The zero-order chi connectivity index (χ0) is 17.5. The second kappa shape index (κ2) is 7.88. The average Bonchev–Trinajstić information content (AvgIpc) is 2.56. The fourth-order valence-electron chi connectivity index (χ4n) is 2.22. The van der Waals surface area contributed by atoms with Crippen molar-refractivity contribution in [3.8, 4) is 6.07 Å². The van der Waals surface area contributed by atoms with Crippen molar-refractivity contribution in [1.29, 1.82) is 5.26 Å². The number of hydrogen-bond acceptors (Lipinski definition) is 3. The standard InChI is InChI=1S/C18H16FN3O2/c1-13(23)22(17-8-3-2-7-16(17)19)10-9-18(24)21-15-6-4-5-14(11-15)12-20/h2-8,11H,9-10H2,1H3,(H,21,24). The molecule has 0 saturated carbocycles. The lowest BCUT2D eigenvalue weighted by Crippen LogP contribution is -2.32. The highest BCUT2D eigenvalue weighted by atomic mass is 19.1. The first-order chi connectivity index (χ1) is 11.5. The van der Waals surface area contributed by atoms with Crippen LogP contribution in [0, 0.1) is 17.1 Å². The minimum atomic E-state index is -0.519. The number of hydrogen-bond donors (Lipinski definition) is 1. The maximum Gasteiger partial charge on any atom is 0.226 e. The molecule has 0 aliphatic carbocycles. The van der Waals surface area contributed by atoms with Gasteiger partial charge >= 0.3 is 0 Å². The van der Waals surface area contributed by atoms with Crippen molar-refractivity contribution in [3.05, 3.63) is 59.9 Å². The van der Waals surface area contributed by atoms with Crippen molar-refractivity contribution >= 4 is 23.2 Å². The Morgan fingerprint density at radius 2 is 1.96 bits per heavy atom. The maximum atomic E-state index is 13.8. The van der Waals surface area contributed by atoms with Gasteiger partial charge in [0.25, 0.3) is 0 Å². The summed E-state index contributed by atoms with van der Waals surface area (Å²) in [6, 6.07) is 14.4. The molecule has 6 heteroatoms. The molecule has 0 radical (unpaired) electrons. The number of rotatable bonds is 5. The highest BCUT2D eigenvalue weighted by Crippen LogP contribution is 2.19. The molecule has 0 bridgehead atoms. The van der Waals surface area contributed by atoms with Crippen molar-refractivity contribution in [3.63, 3.8) is 0 Å². The third kappa shape index (κ3) is 4.40. The predicted molar refractivity (Wildman–Crippen MR) is 88.8 cm³/mol. The van der Waals surface area contributed by atoms with Crippen LogP contribution in [0.5, 0.6) is 0 Å². The van der Waals surface area contributed by atoms with Crippen LogP contribution in [0.15, 0.2) is 48.5 Å². The lowest BCUT2D eigenvalue weighted by Gasteiger charge is -2.21. The normalized spacial score (nSPS) is 9.88. The van der Waals surface area contributed by atoms with Crippen molar-refractivity contribution in [2.24, 2.45) is 0 Å². The molecular formula is C18H16FN3O2. The number of carbonyl (C=O) groups is 2. The first kappa shape index (κ1) is 17.2. The second-order valence-electron chi connectivity index (χ2n) is 5.11. The molecule has 0 unspecified atom stereocenters. The molecule has 0 saturated heterocycles. The van der Waals surface area contributed by atoms with E-state index in [1.54, 1.807) is 30.3 Å². The summed E-state index contributed by atoms with van der Waals surface area (Å²) >= 11 is 0. The summed E-state index contributed by atoms with van der Waals surface area (Å²) < 4.78 is 13.8. The number of amides is 2. The summed E-state index contributed by atoms with van der Waals surface area (Å²) in [6.45, 7) is 1.38. The molecule has 0 atom stereocenters. The van der Waals surface area contributed by atoms with Crippen molar-refractivity contribution in [2.75, 3.05) is 16.8 Å². The molecule has 1 N–H and O–H groups in total. The number of benzene rings is 2. The monoisotopic (exact) mass is 325 g/mol. The summed E-state index contributed by atoms with van der Waals surface area (Å²) in [5, 5.41) is 11.5. The zero-order valence-electron chi connectivity index (χ0n) is 13.1. The van der Waals surface area contributed by atoms with Crippen molar-refractivity contribution < 1.29 is 14.0 Å². The smallest absolute Gasteiger partial charge is 0.226 e. The van der Waals surface area contributed by atoms with Gasteiger partial charge < -0.3 is 10.2 Å². The first-order valence-corrected chi connectivity index (χ1v) is 7.34. The lowest BCUT2D eigenvalue weighted by atomic mass is 10.2. The first-order valence-electron chi connectivity index (χ1n) is 7.34. The van der Waals surface area contributed by atoms with E-state index >= 15 is 0 Å². The Balaban J connectivity index is 2.02. The van der Waals surface area contributed by atoms with Gasteiger partial charge in [0.05, 0.1) is 17.3 Å². The maximum absolute atomic E-state index is 13.8. The van der Waals surface area contributed by atoms with Gasteiger partial charge in [-0.15, -0.1) is 0 Å². The molecule has 0 heterocycles. The van der Waals surface area contributed by atoms with Gasteiger partial charge in [0.1, 0.15) is 5.82 Å². The number of halogens is 1. The van der Waals surface area contributed by atoms with E-state index in [0.29, 0.717) is 11.3 Å². The SMILES string of the molecule is CC(=O)N(CCC(=O)Nc1cccc(C#N)c1)c1ccccc1F. The Labute approximate surface area is 139 Å². The van der Waals surface area contributed by atoms with E-state index in [2.05, 4.69) is 5.32 Å². The molecule has 5 nitrogen and oxygen atoms in total. The minimum Gasteiger partial charge on any atom is -0.326 e. The minimum absolute atomic E-state index is 0.00466. The summed E-state index contributed by atoms with van der Waals surface area (Å²) in [5.41, 5.74) is 1.08. The number of carbonyl (C=O) groups excluding carboxylic acids is 2. The van der Waals surface area contributed by atoms with E-state index in [0.717, 1.165) is 0 Å². The number of nitrogens with one attached hydrogen (secondary N) is 1. The molecular weight excluding hydrogens is 309 g/mol. The van der Waals surface area contributed by atoms with Crippen LogP contribution in [-0.4, -0.2) is 18.4 Å². The quantitative estimate of drug-likeness (QED) is 0.918. The fourth-order valence-corrected chi connectivity index (χ4v) is 2.22. The Bertz CT molecular complexity index is 799. The predicted octanol–water partition coefficient (Wildman–Crippen LogP) is 3.08. The molecule has 0 aliphatic rings. The average molecular weight is 325 g/mol. The van der Waals surface area contributed by atoms with Crippen LogP contribution in [0.25, 0.3) is 0 Å². The number of nitriles is 1. The third-order valence-corrected chi connectivity index (χ3v) is 3.36. The molecule has 0 spiro atoms. The van der Waals surface area contributed by atoms with E-state index in [-0.39, 0.29) is 30.5 Å². The summed E-state index contributed by atoms with van der Waals surface area (Å²) in [5.74, 6) is -1.19. The topological polar surface area (TPSA) is 73.2 Å². The second-order valence-corrected chi connectivity index (χ2v) is 5.11. The Kier molecular flexibility index (Phi) is 5.63. The molecule has 2 amide bonds. The van der Waals surface area contributed by atoms with Crippen LogP contribution in [0.1, 0.15) is 18.9 Å². The van der Waals surface area contributed by atoms with Crippen LogP contribution in [-0.2, 0) is 9.59 Å². The molecule has 2 aromatic rings. The van der Waals surface area contributed by atoms with E-state index in [1.807, 2.05) is 6.07 Å². The summed E-state index contributed by atoms with van der Waals surface area (Å²) in [7, 11) is 0. The molecule has 0 aromatic heterocycles. The van der Waals surface area contributed by atoms with Gasteiger partial charge in [-0.25, -0.2) is 4.39 Å². The summed E-state index contributed by atoms with van der Waals surface area (Å²) in [4.78, 5) is 25.0. The Morgan fingerprint density at radius 3 is 2.62 bits per heavy atom. The molecule has 0 aliphatic heterocycles. The molecule has 0 fully saturated rings. The molecule has 122 valence electrons. The van der Waals surface area contributed by atoms with E-state index in [4.69, 9.17) is 5.26 Å². The Hall–Kier alpha value is -3.20. The summed E-state index contributed by atoms with van der Waals surface area (Å²) in [6.07, 6.45) is 0.00466. The largest absolute Gasteiger partial charge is 0.326 e. The van der Waals surface area contributed by atoms with Gasteiger partial charge in [-0.1, -0.05) is 18.2 Å². The van der Waals surface area contributed by atoms with Gasteiger partial charge in [-0.05, 0) is 30.3 Å². The molecule has 24 heavy (non-hydrogen) atoms. The van der Waals surface area contributed by atoms with Crippen molar-refractivity contribution in [1.82, 2.24) is 0 Å². The van der Waals surface area contributed by atoms with Crippen LogP contribution >= 0.6 is 0 Å². The van der Waals surface area contributed by atoms with Gasteiger partial charge in [0.2, 0.25) is 11.8 Å². The highest BCUT2D eigenvalue weighted by molar-refractivity contribution is 5.94. The van der Waals surface area contributed by atoms with Crippen LogP contribution < -0.4 is 10.2 Å². The fraction of sp³-hybridized carbons (Fsp3) is 0.167. The van der Waals surface area contributed by atoms with Crippen molar-refractivity contribution in [2.45, 2.75) is 13.3 Å². The van der Waals surface area contributed by atoms with Crippen LogP contribution in [0.4, 0.5) is 15.8 Å². The number of para-hydroxylation sites is 1. The van der Waals surface area contributed by atoms with E-state index in [9.17, 15) is 14.0 Å². The Morgan fingerprint density at radius 1 is 1.21 bits per heavy atom. The number of anilines is 2. The van der Waals surface area contributed by atoms with E-state index < -0.39 is 5.82 Å². The highest BCUT2D eigenvalue weighted by Gasteiger charge is 2.16. The lowest BCUT2D eigenvalue weighted by molar-refractivity contribution is -0.117. The van der Waals surface area contributed by atoms with Crippen LogP contribution in [0.2, 0.25) is 0 Å². The van der Waals surface area contributed by atoms with Crippen LogP contribution in [0.3, 0.4) is 0 Å². The van der Waals surface area contributed by atoms with Gasteiger partial charge in [-0.3, -0.25) is 9.59 Å². The molecule has 2 rings (SSSR count). The number of nitrogens with zero attached hydrogens (tertiary/aromatic N) is 2. The molecule has 2 aromatic carbocycles. The van der Waals surface area contributed by atoms with Gasteiger partial charge in [0.15, 0.2) is 0 Å². The van der Waals surface area contributed by atoms with E-state index in [1.165, 1.54) is 30.0 Å². The zero-order valence-corrected chi connectivity index (χ0v) is 13.1. The van der Waals surface area contributed by atoms with Gasteiger partial charge in [-0.2, -0.15) is 5.26 Å². The third-order valence-electron chi connectivity index (χ3n) is 3.36. The van der Waals surface area contributed by atoms with Gasteiger partial charge in [0, 0.05) is 25.6 Å².